The molecule has 1 heterocycles. The summed E-state index contributed by atoms with van der Waals surface area (Å²) in [5, 5.41) is 0. The molecule has 0 radical (unpaired) electrons. The Labute approximate surface area is 43.8 Å². The highest BCUT2D eigenvalue weighted by atomic mass is 14.7. The SMILES string of the molecule is CC1=CCN=C1C. The largest absolute Gasteiger partial charge is 0.286 e. The summed E-state index contributed by atoms with van der Waals surface area (Å²) in [6, 6.07) is 0. The first kappa shape index (κ1) is 4.57. The van der Waals surface area contributed by atoms with Crippen LogP contribution in [0, 0.1) is 0 Å². The van der Waals surface area contributed by atoms with Crippen molar-refractivity contribution in [2.45, 2.75) is 13.8 Å². The van der Waals surface area contributed by atoms with Crippen LogP contribution in [0.4, 0.5) is 0 Å². The highest BCUT2D eigenvalue weighted by Crippen LogP contribution is 2.02. The Morgan fingerprint density at radius 1 is 1.57 bits per heavy atom. The van der Waals surface area contributed by atoms with E-state index in [2.05, 4.69) is 18.0 Å². The molecule has 0 fully saturated rings. The zero-order chi connectivity index (χ0) is 5.28. The number of hydrogen-bond acceptors (Lipinski definition) is 1. The Morgan fingerprint density at radius 2 is 2.29 bits per heavy atom. The Balaban J connectivity index is 2.78. The van der Waals surface area contributed by atoms with Gasteiger partial charge >= 0.3 is 0 Å². The molecular formula is C6H9N. The highest BCUT2D eigenvalue weighted by molar-refractivity contribution is 5.99. The second-order valence-electron chi connectivity index (χ2n) is 1.81. The van der Waals surface area contributed by atoms with E-state index in [1.807, 2.05) is 6.92 Å². The lowest BCUT2D eigenvalue weighted by Crippen LogP contribution is -1.84. The van der Waals surface area contributed by atoms with Crippen LogP contribution in [-0.4, -0.2) is 12.3 Å². The van der Waals surface area contributed by atoms with Crippen LogP contribution in [0.5, 0.6) is 0 Å². The molecule has 1 rings (SSSR count). The molecule has 0 unspecified atom stereocenters. The first-order valence-electron chi connectivity index (χ1n) is 2.49. The average Bonchev–Trinajstić information content (AvgIpc) is 1.91. The van der Waals surface area contributed by atoms with Gasteiger partial charge < -0.3 is 0 Å². The molecular weight excluding hydrogens is 86.1 g/mol. The van der Waals surface area contributed by atoms with Crippen molar-refractivity contribution >= 4 is 5.71 Å². The maximum atomic E-state index is 4.14. The summed E-state index contributed by atoms with van der Waals surface area (Å²) in [6.07, 6.45) is 2.13. The molecule has 0 bridgehead atoms. The molecule has 0 aromatic rings. The minimum atomic E-state index is 0.900. The van der Waals surface area contributed by atoms with Gasteiger partial charge in [0.25, 0.3) is 0 Å². The van der Waals surface area contributed by atoms with Gasteiger partial charge in [0.1, 0.15) is 0 Å². The van der Waals surface area contributed by atoms with Crippen molar-refractivity contribution in [1.82, 2.24) is 0 Å². The molecule has 1 aliphatic rings. The summed E-state index contributed by atoms with van der Waals surface area (Å²) in [5.41, 5.74) is 2.53. The van der Waals surface area contributed by atoms with Gasteiger partial charge in [-0.3, -0.25) is 4.99 Å². The van der Waals surface area contributed by atoms with Crippen molar-refractivity contribution in [1.29, 1.82) is 0 Å². The molecule has 0 spiro atoms. The molecule has 0 saturated heterocycles. The monoisotopic (exact) mass is 95.1 g/mol. The maximum absolute atomic E-state index is 4.14. The molecule has 0 aromatic carbocycles. The molecule has 7 heavy (non-hydrogen) atoms. The van der Waals surface area contributed by atoms with Gasteiger partial charge in [-0.1, -0.05) is 6.08 Å². The minimum absolute atomic E-state index is 0.900. The molecule has 38 valence electrons. The Morgan fingerprint density at radius 3 is 2.43 bits per heavy atom. The standard InChI is InChI=1S/C6H9N/c1-5-3-4-7-6(5)2/h3H,4H2,1-2H3. The lowest BCUT2D eigenvalue weighted by molar-refractivity contribution is 1.28. The van der Waals surface area contributed by atoms with Crippen LogP contribution >= 0.6 is 0 Å². The summed E-state index contributed by atoms with van der Waals surface area (Å²) in [4.78, 5) is 4.14. The third-order valence-corrected chi connectivity index (χ3v) is 1.30. The maximum Gasteiger partial charge on any atom is 0.0579 e. The third-order valence-electron chi connectivity index (χ3n) is 1.30. The first-order chi connectivity index (χ1) is 3.30. The number of rotatable bonds is 0. The molecule has 0 N–H and O–H groups in total. The van der Waals surface area contributed by atoms with E-state index in [1.54, 1.807) is 0 Å². The predicted molar refractivity (Wildman–Crippen MR) is 31.7 cm³/mol. The van der Waals surface area contributed by atoms with Gasteiger partial charge in [0.05, 0.1) is 6.54 Å². The summed E-state index contributed by atoms with van der Waals surface area (Å²) in [6.45, 7) is 5.03. The van der Waals surface area contributed by atoms with Crippen molar-refractivity contribution in [3.05, 3.63) is 11.6 Å². The molecule has 1 heteroatoms. The van der Waals surface area contributed by atoms with Gasteiger partial charge in [-0.2, -0.15) is 0 Å². The van der Waals surface area contributed by atoms with E-state index in [0.717, 1.165) is 6.54 Å². The van der Waals surface area contributed by atoms with E-state index in [1.165, 1.54) is 11.3 Å². The average molecular weight is 95.1 g/mol. The number of allylic oxidation sites excluding steroid dienone is 1. The Bertz CT molecular complexity index is 115. The third kappa shape index (κ3) is 0.710. The number of aliphatic imine (C=N–C) groups is 1. The molecule has 0 saturated carbocycles. The van der Waals surface area contributed by atoms with Crippen LogP contribution < -0.4 is 0 Å². The second kappa shape index (κ2) is 1.49. The second-order valence-corrected chi connectivity index (χ2v) is 1.81. The smallest absolute Gasteiger partial charge is 0.0579 e. The first-order valence-corrected chi connectivity index (χ1v) is 2.49. The predicted octanol–water partition coefficient (Wildman–Crippen LogP) is 1.41. The zero-order valence-corrected chi connectivity index (χ0v) is 4.73. The normalized spacial score (nSPS) is 19.1. The van der Waals surface area contributed by atoms with Gasteiger partial charge in [0.15, 0.2) is 0 Å². The van der Waals surface area contributed by atoms with Gasteiger partial charge in [-0.15, -0.1) is 0 Å². The van der Waals surface area contributed by atoms with Crippen molar-refractivity contribution in [3.8, 4) is 0 Å². The molecule has 1 nitrogen and oxygen atoms in total. The highest BCUT2D eigenvalue weighted by Gasteiger charge is 1.97. The zero-order valence-electron chi connectivity index (χ0n) is 4.73. The van der Waals surface area contributed by atoms with Crippen LogP contribution in [0.3, 0.4) is 0 Å². The quantitative estimate of drug-likeness (QED) is 0.431. The fourth-order valence-electron chi connectivity index (χ4n) is 0.592. The van der Waals surface area contributed by atoms with Crippen LogP contribution in [0.2, 0.25) is 0 Å². The van der Waals surface area contributed by atoms with Crippen molar-refractivity contribution in [2.75, 3.05) is 6.54 Å². The number of nitrogens with zero attached hydrogens (tertiary/aromatic N) is 1. The number of hydrogen-bond donors (Lipinski definition) is 0. The van der Waals surface area contributed by atoms with E-state index >= 15 is 0 Å². The van der Waals surface area contributed by atoms with Crippen molar-refractivity contribution in [3.63, 3.8) is 0 Å². The van der Waals surface area contributed by atoms with Crippen LogP contribution in [0.25, 0.3) is 0 Å². The molecule has 0 aliphatic carbocycles. The van der Waals surface area contributed by atoms with E-state index in [4.69, 9.17) is 0 Å². The van der Waals surface area contributed by atoms with Crippen LogP contribution in [0.15, 0.2) is 16.6 Å². The Kier molecular flexibility index (Phi) is 0.970. The van der Waals surface area contributed by atoms with Gasteiger partial charge in [0, 0.05) is 5.71 Å². The topological polar surface area (TPSA) is 12.4 Å². The molecule has 0 atom stereocenters. The fraction of sp³-hybridized carbons (Fsp3) is 0.500. The van der Waals surface area contributed by atoms with E-state index < -0.39 is 0 Å². The lowest BCUT2D eigenvalue weighted by atomic mass is 10.2. The van der Waals surface area contributed by atoms with Crippen molar-refractivity contribution < 1.29 is 0 Å². The van der Waals surface area contributed by atoms with Gasteiger partial charge in [0.2, 0.25) is 0 Å². The summed E-state index contributed by atoms with van der Waals surface area (Å²) < 4.78 is 0. The minimum Gasteiger partial charge on any atom is -0.286 e. The summed E-state index contributed by atoms with van der Waals surface area (Å²) >= 11 is 0. The van der Waals surface area contributed by atoms with Gasteiger partial charge in [-0.25, -0.2) is 0 Å². The molecule has 0 aromatic heterocycles. The van der Waals surface area contributed by atoms with E-state index in [-0.39, 0.29) is 0 Å². The van der Waals surface area contributed by atoms with E-state index in [0.29, 0.717) is 0 Å². The van der Waals surface area contributed by atoms with Crippen LogP contribution in [-0.2, 0) is 0 Å². The van der Waals surface area contributed by atoms with Crippen molar-refractivity contribution in [2.24, 2.45) is 4.99 Å². The van der Waals surface area contributed by atoms with Gasteiger partial charge in [-0.05, 0) is 19.4 Å². The summed E-state index contributed by atoms with van der Waals surface area (Å²) in [7, 11) is 0. The summed E-state index contributed by atoms with van der Waals surface area (Å²) in [5.74, 6) is 0. The molecule has 1 aliphatic heterocycles. The fourth-order valence-corrected chi connectivity index (χ4v) is 0.592. The van der Waals surface area contributed by atoms with E-state index in [9.17, 15) is 0 Å². The van der Waals surface area contributed by atoms with Crippen LogP contribution in [0.1, 0.15) is 13.8 Å². The Hall–Kier alpha value is -0.590. The molecule has 0 amide bonds. The lowest BCUT2D eigenvalue weighted by Gasteiger charge is -1.85.